The van der Waals surface area contributed by atoms with E-state index in [1.54, 1.807) is 4.90 Å². The van der Waals surface area contributed by atoms with E-state index < -0.39 is 40.7 Å². The van der Waals surface area contributed by atoms with E-state index in [1.165, 1.54) is 6.08 Å². The van der Waals surface area contributed by atoms with Gasteiger partial charge < -0.3 is 5.32 Å². The van der Waals surface area contributed by atoms with Gasteiger partial charge in [-0.15, -0.1) is 6.58 Å². The summed E-state index contributed by atoms with van der Waals surface area (Å²) in [6, 6.07) is -1.05. The Balaban J connectivity index is 2.51. The normalized spacial score (nSPS) is 18.1. The molecule has 20 heavy (non-hydrogen) atoms. The van der Waals surface area contributed by atoms with Gasteiger partial charge in [0.1, 0.15) is 0 Å². The zero-order valence-electron chi connectivity index (χ0n) is 10.5. The predicted octanol–water partition coefficient (Wildman–Crippen LogP) is 2.51. The topological polar surface area (TPSA) is 15.3 Å². The smallest absolute Gasteiger partial charge is 0.200 e. The average molecular weight is 292 g/mol. The SMILES string of the molecule is C=C[C@H](c1c(F)c(F)c(F)c(F)c1F)N1CCNCC1. The Labute approximate surface area is 112 Å². The van der Waals surface area contributed by atoms with E-state index in [0.29, 0.717) is 26.2 Å². The number of benzene rings is 1. The van der Waals surface area contributed by atoms with Crippen LogP contribution in [0.15, 0.2) is 12.7 Å². The van der Waals surface area contributed by atoms with Crippen LogP contribution in [0, 0.1) is 29.1 Å². The van der Waals surface area contributed by atoms with Gasteiger partial charge in [-0.3, -0.25) is 4.90 Å². The van der Waals surface area contributed by atoms with Crippen molar-refractivity contribution in [2.24, 2.45) is 0 Å². The highest BCUT2D eigenvalue weighted by Crippen LogP contribution is 2.31. The quantitative estimate of drug-likeness (QED) is 0.398. The Hall–Kier alpha value is -1.47. The fourth-order valence-corrected chi connectivity index (χ4v) is 2.29. The van der Waals surface area contributed by atoms with E-state index in [1.807, 2.05) is 0 Å². The molecule has 1 N–H and O–H groups in total. The van der Waals surface area contributed by atoms with Crippen molar-refractivity contribution in [3.05, 3.63) is 47.3 Å². The third kappa shape index (κ3) is 2.43. The first-order chi connectivity index (χ1) is 9.49. The summed E-state index contributed by atoms with van der Waals surface area (Å²) >= 11 is 0. The third-order valence-corrected chi connectivity index (χ3v) is 3.31. The van der Waals surface area contributed by atoms with Crippen LogP contribution in [0.1, 0.15) is 11.6 Å². The Bertz CT molecular complexity index is 497. The van der Waals surface area contributed by atoms with Gasteiger partial charge in [-0.2, -0.15) is 0 Å². The summed E-state index contributed by atoms with van der Waals surface area (Å²) in [5, 5.41) is 3.03. The molecule has 1 heterocycles. The molecule has 0 bridgehead atoms. The largest absolute Gasteiger partial charge is 0.314 e. The third-order valence-electron chi connectivity index (χ3n) is 3.31. The van der Waals surface area contributed by atoms with Crippen LogP contribution in [0.3, 0.4) is 0 Å². The van der Waals surface area contributed by atoms with Crippen LogP contribution in [0.5, 0.6) is 0 Å². The molecule has 1 atom stereocenters. The molecule has 7 heteroatoms. The number of piperazine rings is 1. The summed E-state index contributed by atoms with van der Waals surface area (Å²) < 4.78 is 67.1. The van der Waals surface area contributed by atoms with Crippen molar-refractivity contribution in [1.29, 1.82) is 0 Å². The van der Waals surface area contributed by atoms with Gasteiger partial charge in [0.25, 0.3) is 0 Å². The molecule has 1 saturated heterocycles. The molecule has 0 radical (unpaired) electrons. The minimum atomic E-state index is -2.15. The lowest BCUT2D eigenvalue weighted by atomic mass is 10.0. The summed E-state index contributed by atoms with van der Waals surface area (Å²) in [7, 11) is 0. The number of nitrogens with one attached hydrogen (secondary N) is 1. The van der Waals surface area contributed by atoms with Crippen LogP contribution >= 0.6 is 0 Å². The van der Waals surface area contributed by atoms with E-state index in [-0.39, 0.29) is 0 Å². The van der Waals surface area contributed by atoms with Crippen molar-refractivity contribution in [1.82, 2.24) is 10.2 Å². The van der Waals surface area contributed by atoms with E-state index in [2.05, 4.69) is 11.9 Å². The van der Waals surface area contributed by atoms with Crippen LogP contribution in [0.2, 0.25) is 0 Å². The molecule has 1 aliphatic rings. The van der Waals surface area contributed by atoms with Crippen molar-refractivity contribution in [2.45, 2.75) is 6.04 Å². The van der Waals surface area contributed by atoms with Gasteiger partial charge in [-0.05, 0) is 0 Å². The summed E-state index contributed by atoms with van der Waals surface area (Å²) in [4.78, 5) is 1.61. The number of halogens is 5. The average Bonchev–Trinajstić information content (AvgIpc) is 2.48. The van der Waals surface area contributed by atoms with Crippen LogP contribution < -0.4 is 5.32 Å². The fraction of sp³-hybridized carbons (Fsp3) is 0.385. The second-order valence-corrected chi connectivity index (χ2v) is 4.45. The van der Waals surface area contributed by atoms with Crippen LogP contribution in [-0.2, 0) is 0 Å². The first-order valence-corrected chi connectivity index (χ1v) is 6.07. The van der Waals surface area contributed by atoms with Gasteiger partial charge in [0, 0.05) is 26.2 Å². The molecule has 0 aliphatic carbocycles. The highest BCUT2D eigenvalue weighted by atomic mass is 19.2. The van der Waals surface area contributed by atoms with E-state index in [9.17, 15) is 22.0 Å². The van der Waals surface area contributed by atoms with Gasteiger partial charge in [-0.25, -0.2) is 22.0 Å². The molecule has 1 fully saturated rings. The Kier molecular flexibility index (Phi) is 4.39. The van der Waals surface area contributed by atoms with Gasteiger partial charge >= 0.3 is 0 Å². The van der Waals surface area contributed by atoms with Crippen molar-refractivity contribution in [3.63, 3.8) is 0 Å². The molecule has 0 amide bonds. The zero-order valence-corrected chi connectivity index (χ0v) is 10.5. The molecule has 0 unspecified atom stereocenters. The zero-order chi connectivity index (χ0) is 14.9. The maximum Gasteiger partial charge on any atom is 0.200 e. The molecule has 2 rings (SSSR count). The van der Waals surface area contributed by atoms with Gasteiger partial charge in [0.2, 0.25) is 5.82 Å². The van der Waals surface area contributed by atoms with Crippen LogP contribution in [0.25, 0.3) is 0 Å². The van der Waals surface area contributed by atoms with Gasteiger partial charge in [0.05, 0.1) is 11.6 Å². The lowest BCUT2D eigenvalue weighted by Gasteiger charge is -2.33. The first-order valence-electron chi connectivity index (χ1n) is 6.07. The second kappa shape index (κ2) is 5.88. The number of rotatable bonds is 3. The molecule has 0 saturated carbocycles. The van der Waals surface area contributed by atoms with Crippen molar-refractivity contribution in [2.75, 3.05) is 26.2 Å². The predicted molar refractivity (Wildman–Crippen MR) is 63.6 cm³/mol. The molecule has 0 aromatic heterocycles. The number of hydrogen-bond donors (Lipinski definition) is 1. The fourth-order valence-electron chi connectivity index (χ4n) is 2.29. The van der Waals surface area contributed by atoms with Gasteiger partial charge in [0.15, 0.2) is 23.3 Å². The molecule has 1 aliphatic heterocycles. The summed E-state index contributed by atoms with van der Waals surface area (Å²) in [5.41, 5.74) is -0.849. The first kappa shape index (κ1) is 14.9. The van der Waals surface area contributed by atoms with Crippen molar-refractivity contribution < 1.29 is 22.0 Å². The minimum absolute atomic E-state index is 0.427. The second-order valence-electron chi connectivity index (χ2n) is 4.45. The number of hydrogen-bond acceptors (Lipinski definition) is 2. The molecular formula is C13H13F5N2. The van der Waals surface area contributed by atoms with Gasteiger partial charge in [-0.1, -0.05) is 6.08 Å². The Morgan fingerprint density at radius 2 is 1.35 bits per heavy atom. The summed E-state index contributed by atoms with van der Waals surface area (Å²) in [5.74, 6) is -9.61. The molecule has 110 valence electrons. The lowest BCUT2D eigenvalue weighted by Crippen LogP contribution is -2.45. The highest BCUT2D eigenvalue weighted by Gasteiger charge is 2.32. The van der Waals surface area contributed by atoms with Crippen LogP contribution in [-0.4, -0.2) is 31.1 Å². The van der Waals surface area contributed by atoms with Crippen LogP contribution in [0.4, 0.5) is 22.0 Å². The van der Waals surface area contributed by atoms with E-state index in [0.717, 1.165) is 0 Å². The Morgan fingerprint density at radius 1 is 0.900 bits per heavy atom. The molecule has 2 nitrogen and oxygen atoms in total. The molecular weight excluding hydrogens is 279 g/mol. The maximum atomic E-state index is 13.8. The van der Waals surface area contributed by atoms with E-state index >= 15 is 0 Å². The highest BCUT2D eigenvalue weighted by molar-refractivity contribution is 5.29. The Morgan fingerprint density at radius 3 is 1.80 bits per heavy atom. The maximum absolute atomic E-state index is 13.8. The molecule has 1 aromatic carbocycles. The monoisotopic (exact) mass is 292 g/mol. The molecule has 1 aromatic rings. The summed E-state index contributed by atoms with van der Waals surface area (Å²) in [6.45, 7) is 5.43. The standard InChI is InChI=1S/C13H13F5N2/c1-2-7(20-5-3-19-4-6-20)8-9(14)11(16)13(18)12(17)10(8)15/h2,7,19H,1,3-6H2/t7-/m1/s1. The van der Waals surface area contributed by atoms with E-state index in [4.69, 9.17) is 0 Å². The summed E-state index contributed by atoms with van der Waals surface area (Å²) in [6.07, 6.45) is 1.18. The minimum Gasteiger partial charge on any atom is -0.314 e. The van der Waals surface area contributed by atoms with Crippen molar-refractivity contribution >= 4 is 0 Å². The molecule has 0 spiro atoms. The lowest BCUT2D eigenvalue weighted by molar-refractivity contribution is 0.193. The van der Waals surface area contributed by atoms with Crippen molar-refractivity contribution in [3.8, 4) is 0 Å². The number of nitrogens with zero attached hydrogens (tertiary/aromatic N) is 1.